The van der Waals surface area contributed by atoms with Crippen LogP contribution < -0.4 is 5.32 Å². The van der Waals surface area contributed by atoms with Crippen LogP contribution in [0.5, 0.6) is 0 Å². The standard InChI is InChI=1S/C14H15N3O2/c1-11-4-5-13(14(9-11)17(18)19)16-8-6-12-3-2-7-15-10-12/h2-5,7,9-10,16H,6,8H2,1H3. The third-order valence-corrected chi connectivity index (χ3v) is 2.80. The number of aromatic nitrogens is 1. The van der Waals surface area contributed by atoms with E-state index in [1.165, 1.54) is 0 Å². The summed E-state index contributed by atoms with van der Waals surface area (Å²) in [5.41, 5.74) is 2.65. The molecule has 0 unspecified atom stereocenters. The number of nitro benzene ring substituents is 1. The van der Waals surface area contributed by atoms with Crippen molar-refractivity contribution in [3.63, 3.8) is 0 Å². The molecule has 0 radical (unpaired) electrons. The van der Waals surface area contributed by atoms with Crippen LogP contribution in [0.1, 0.15) is 11.1 Å². The minimum atomic E-state index is -0.362. The summed E-state index contributed by atoms with van der Waals surface area (Å²) in [5, 5.41) is 14.1. The monoisotopic (exact) mass is 257 g/mol. The first kappa shape index (κ1) is 13.0. The van der Waals surface area contributed by atoms with Crippen LogP contribution in [-0.2, 0) is 6.42 Å². The Hall–Kier alpha value is -2.43. The maximum Gasteiger partial charge on any atom is 0.292 e. The maximum atomic E-state index is 11.0. The van der Waals surface area contributed by atoms with Gasteiger partial charge < -0.3 is 5.32 Å². The lowest BCUT2D eigenvalue weighted by Crippen LogP contribution is -2.07. The first-order chi connectivity index (χ1) is 9.16. The Labute approximate surface area is 111 Å². The van der Waals surface area contributed by atoms with Gasteiger partial charge in [0.15, 0.2) is 0 Å². The fourth-order valence-electron chi connectivity index (χ4n) is 1.83. The number of pyridine rings is 1. The Bertz CT molecular complexity index is 570. The molecule has 5 nitrogen and oxygen atoms in total. The van der Waals surface area contributed by atoms with Gasteiger partial charge in [-0.15, -0.1) is 0 Å². The molecule has 1 aromatic heterocycles. The SMILES string of the molecule is Cc1ccc(NCCc2cccnc2)c([N+](=O)[O-])c1. The molecule has 0 saturated carbocycles. The lowest BCUT2D eigenvalue weighted by atomic mass is 10.1. The summed E-state index contributed by atoms with van der Waals surface area (Å²) >= 11 is 0. The molecule has 2 rings (SSSR count). The van der Waals surface area contributed by atoms with Gasteiger partial charge in [0.25, 0.3) is 5.69 Å². The van der Waals surface area contributed by atoms with E-state index in [1.807, 2.05) is 25.1 Å². The zero-order chi connectivity index (χ0) is 13.7. The summed E-state index contributed by atoms with van der Waals surface area (Å²) in [4.78, 5) is 14.6. The van der Waals surface area contributed by atoms with E-state index in [0.717, 1.165) is 17.5 Å². The summed E-state index contributed by atoms with van der Waals surface area (Å²) in [6.07, 6.45) is 4.30. The van der Waals surface area contributed by atoms with Gasteiger partial charge in [-0.05, 0) is 36.6 Å². The van der Waals surface area contributed by atoms with Crippen LogP contribution >= 0.6 is 0 Å². The molecule has 0 amide bonds. The summed E-state index contributed by atoms with van der Waals surface area (Å²) in [6.45, 7) is 2.47. The number of benzene rings is 1. The molecule has 5 heteroatoms. The highest BCUT2D eigenvalue weighted by atomic mass is 16.6. The minimum Gasteiger partial charge on any atom is -0.379 e. The predicted octanol–water partition coefficient (Wildman–Crippen LogP) is 2.95. The number of nitrogens with zero attached hydrogens (tertiary/aromatic N) is 2. The van der Waals surface area contributed by atoms with E-state index in [9.17, 15) is 10.1 Å². The van der Waals surface area contributed by atoms with E-state index in [1.54, 1.807) is 24.5 Å². The van der Waals surface area contributed by atoms with E-state index in [2.05, 4.69) is 10.3 Å². The van der Waals surface area contributed by atoms with Crippen molar-refractivity contribution in [2.24, 2.45) is 0 Å². The number of nitro groups is 1. The van der Waals surface area contributed by atoms with Gasteiger partial charge in [0, 0.05) is 25.0 Å². The van der Waals surface area contributed by atoms with Crippen LogP contribution in [0.3, 0.4) is 0 Å². The van der Waals surface area contributed by atoms with Crippen molar-refractivity contribution in [3.05, 3.63) is 64.0 Å². The molecule has 1 aromatic carbocycles. The summed E-state index contributed by atoms with van der Waals surface area (Å²) in [7, 11) is 0. The molecule has 1 heterocycles. The first-order valence-electron chi connectivity index (χ1n) is 6.04. The second-order valence-corrected chi connectivity index (χ2v) is 4.32. The Morgan fingerprint density at radius 1 is 1.37 bits per heavy atom. The number of anilines is 1. The van der Waals surface area contributed by atoms with Gasteiger partial charge in [-0.3, -0.25) is 15.1 Å². The topological polar surface area (TPSA) is 68.1 Å². The van der Waals surface area contributed by atoms with Gasteiger partial charge in [0.1, 0.15) is 5.69 Å². The van der Waals surface area contributed by atoms with Crippen LogP contribution in [0.25, 0.3) is 0 Å². The molecule has 2 aromatic rings. The highest BCUT2D eigenvalue weighted by Crippen LogP contribution is 2.25. The Morgan fingerprint density at radius 2 is 2.21 bits per heavy atom. The first-order valence-corrected chi connectivity index (χ1v) is 6.04. The van der Waals surface area contributed by atoms with Crippen molar-refractivity contribution in [3.8, 4) is 0 Å². The molecule has 98 valence electrons. The summed E-state index contributed by atoms with van der Waals surface area (Å²) < 4.78 is 0. The quantitative estimate of drug-likeness (QED) is 0.660. The van der Waals surface area contributed by atoms with E-state index < -0.39 is 0 Å². The number of aryl methyl sites for hydroxylation is 1. The van der Waals surface area contributed by atoms with Crippen molar-refractivity contribution >= 4 is 11.4 Å². The normalized spacial score (nSPS) is 10.2. The highest BCUT2D eigenvalue weighted by Gasteiger charge is 2.12. The van der Waals surface area contributed by atoms with Crippen molar-refractivity contribution in [2.75, 3.05) is 11.9 Å². The highest BCUT2D eigenvalue weighted by molar-refractivity contribution is 5.62. The lowest BCUT2D eigenvalue weighted by molar-refractivity contribution is -0.384. The third kappa shape index (κ3) is 3.51. The summed E-state index contributed by atoms with van der Waals surface area (Å²) in [6, 6.07) is 9.05. The molecular formula is C14H15N3O2. The van der Waals surface area contributed by atoms with E-state index in [-0.39, 0.29) is 10.6 Å². The third-order valence-electron chi connectivity index (χ3n) is 2.80. The molecule has 0 fully saturated rings. The molecule has 0 aliphatic heterocycles. The van der Waals surface area contributed by atoms with Crippen LogP contribution in [0, 0.1) is 17.0 Å². The number of hydrogen-bond donors (Lipinski definition) is 1. The Balaban J connectivity index is 2.02. The van der Waals surface area contributed by atoms with Gasteiger partial charge >= 0.3 is 0 Å². The van der Waals surface area contributed by atoms with Gasteiger partial charge in [-0.1, -0.05) is 12.1 Å². The minimum absolute atomic E-state index is 0.117. The second-order valence-electron chi connectivity index (χ2n) is 4.32. The fourth-order valence-corrected chi connectivity index (χ4v) is 1.83. The zero-order valence-electron chi connectivity index (χ0n) is 10.7. The smallest absolute Gasteiger partial charge is 0.292 e. The molecule has 0 spiro atoms. The van der Waals surface area contributed by atoms with Crippen LogP contribution in [-0.4, -0.2) is 16.5 Å². The largest absolute Gasteiger partial charge is 0.379 e. The van der Waals surface area contributed by atoms with E-state index in [4.69, 9.17) is 0 Å². The average molecular weight is 257 g/mol. The van der Waals surface area contributed by atoms with Crippen molar-refractivity contribution in [2.45, 2.75) is 13.3 Å². The van der Waals surface area contributed by atoms with Gasteiger partial charge in [-0.25, -0.2) is 0 Å². The van der Waals surface area contributed by atoms with Crippen molar-refractivity contribution < 1.29 is 4.92 Å². The summed E-state index contributed by atoms with van der Waals surface area (Å²) in [5.74, 6) is 0. The Morgan fingerprint density at radius 3 is 2.89 bits per heavy atom. The number of rotatable bonds is 5. The maximum absolute atomic E-state index is 11.0. The molecule has 0 aliphatic carbocycles. The van der Waals surface area contributed by atoms with Crippen molar-refractivity contribution in [1.29, 1.82) is 0 Å². The number of hydrogen-bond acceptors (Lipinski definition) is 4. The molecule has 19 heavy (non-hydrogen) atoms. The van der Waals surface area contributed by atoms with E-state index >= 15 is 0 Å². The van der Waals surface area contributed by atoms with Crippen LogP contribution in [0.2, 0.25) is 0 Å². The Kier molecular flexibility index (Phi) is 4.07. The van der Waals surface area contributed by atoms with Gasteiger partial charge in [-0.2, -0.15) is 0 Å². The van der Waals surface area contributed by atoms with Gasteiger partial charge in [0.2, 0.25) is 0 Å². The van der Waals surface area contributed by atoms with Crippen LogP contribution in [0.4, 0.5) is 11.4 Å². The molecule has 0 bridgehead atoms. The molecule has 0 aliphatic rings. The van der Waals surface area contributed by atoms with Crippen molar-refractivity contribution in [1.82, 2.24) is 4.98 Å². The molecule has 1 N–H and O–H groups in total. The predicted molar refractivity (Wildman–Crippen MR) is 74.3 cm³/mol. The van der Waals surface area contributed by atoms with Gasteiger partial charge in [0.05, 0.1) is 4.92 Å². The average Bonchev–Trinajstić information content (AvgIpc) is 2.41. The second kappa shape index (κ2) is 5.95. The zero-order valence-corrected chi connectivity index (χ0v) is 10.7. The molecule has 0 atom stereocenters. The lowest BCUT2D eigenvalue weighted by Gasteiger charge is -2.07. The molecule has 0 saturated heterocycles. The molecular weight excluding hydrogens is 242 g/mol. The number of nitrogens with one attached hydrogen (secondary N) is 1. The fraction of sp³-hybridized carbons (Fsp3) is 0.214. The van der Waals surface area contributed by atoms with Crippen LogP contribution in [0.15, 0.2) is 42.7 Å². The van der Waals surface area contributed by atoms with E-state index in [0.29, 0.717) is 12.2 Å².